The van der Waals surface area contributed by atoms with Crippen molar-refractivity contribution in [1.29, 1.82) is 0 Å². The van der Waals surface area contributed by atoms with Gasteiger partial charge in [-0.15, -0.1) is 0 Å². The molecule has 1 aromatic heterocycles. The molecule has 0 radical (unpaired) electrons. The molecular weight excluding hydrogens is 436 g/mol. The summed E-state index contributed by atoms with van der Waals surface area (Å²) >= 11 is 6.24. The van der Waals surface area contributed by atoms with Gasteiger partial charge in [-0.3, -0.25) is 14.4 Å². The number of hydrogen-bond donors (Lipinski definition) is 0. The number of pyridine rings is 1. The van der Waals surface area contributed by atoms with E-state index in [1.807, 2.05) is 66.7 Å². The summed E-state index contributed by atoms with van der Waals surface area (Å²) < 4.78 is 1.14. The third-order valence-corrected chi connectivity index (χ3v) is 5.48. The summed E-state index contributed by atoms with van der Waals surface area (Å²) in [6, 6.07) is 27.5. The van der Waals surface area contributed by atoms with Crippen molar-refractivity contribution in [2.75, 3.05) is 5.01 Å². The second kappa shape index (κ2) is 9.27. The summed E-state index contributed by atoms with van der Waals surface area (Å²) in [6.07, 6.45) is 0. The van der Waals surface area contributed by atoms with Gasteiger partial charge in [0.2, 0.25) is 11.8 Å². The van der Waals surface area contributed by atoms with E-state index in [1.54, 1.807) is 24.3 Å². The fourth-order valence-corrected chi connectivity index (χ4v) is 4.08. The van der Waals surface area contributed by atoms with Gasteiger partial charge in [0.1, 0.15) is 0 Å². The Morgan fingerprint density at radius 1 is 0.727 bits per heavy atom. The zero-order valence-electron chi connectivity index (χ0n) is 18.2. The van der Waals surface area contributed by atoms with Crippen molar-refractivity contribution in [2.24, 2.45) is 0 Å². The average Bonchev–Trinajstić information content (AvgIpc) is 2.80. The molecule has 4 aromatic rings. The van der Waals surface area contributed by atoms with Crippen LogP contribution < -0.4 is 10.6 Å². The first kappa shape index (κ1) is 22.2. The Morgan fingerprint density at radius 3 is 1.82 bits per heavy atom. The van der Waals surface area contributed by atoms with E-state index in [-0.39, 0.29) is 0 Å². The Hall–Kier alpha value is -3.96. The molecule has 0 fully saturated rings. The van der Waals surface area contributed by atoms with Gasteiger partial charge < -0.3 is 0 Å². The molecule has 2 amide bonds. The van der Waals surface area contributed by atoms with Crippen LogP contribution in [0.3, 0.4) is 0 Å². The number of rotatable bonds is 4. The number of benzene rings is 3. The summed E-state index contributed by atoms with van der Waals surface area (Å²) in [5, 5.41) is 1.33. The third-order valence-electron chi connectivity index (χ3n) is 5.25. The Labute approximate surface area is 196 Å². The highest BCUT2D eigenvalue weighted by molar-refractivity contribution is 6.30. The van der Waals surface area contributed by atoms with Crippen molar-refractivity contribution in [3.8, 4) is 33.5 Å². The van der Waals surface area contributed by atoms with Gasteiger partial charge >= 0.3 is 0 Å². The average molecular weight is 457 g/mol. The fourth-order valence-electron chi connectivity index (χ4n) is 3.89. The zero-order chi connectivity index (χ0) is 23.5. The molecule has 0 unspecified atom stereocenters. The minimum absolute atomic E-state index is 0.381. The maximum absolute atomic E-state index is 14.1. The molecule has 3 aromatic carbocycles. The van der Waals surface area contributed by atoms with E-state index in [1.165, 1.54) is 13.8 Å². The molecular formula is C27H21ClN2O3. The lowest BCUT2D eigenvalue weighted by atomic mass is 9.94. The van der Waals surface area contributed by atoms with Gasteiger partial charge in [0, 0.05) is 24.4 Å². The number of halogens is 1. The second-order valence-electron chi connectivity index (χ2n) is 7.53. The molecule has 0 aliphatic heterocycles. The van der Waals surface area contributed by atoms with E-state index < -0.39 is 17.4 Å². The quantitative estimate of drug-likeness (QED) is 0.405. The molecule has 6 heteroatoms. The van der Waals surface area contributed by atoms with Gasteiger partial charge in [-0.1, -0.05) is 84.4 Å². The molecule has 1 heterocycles. The highest BCUT2D eigenvalue weighted by Crippen LogP contribution is 2.34. The standard InChI is InChI=1S/C27H21ClN2O3/c1-18(31)29(19(2)32)30-25(22-14-9-15-23(28)16-22)17-24(20-10-5-3-6-11-20)26(27(30)33)21-12-7-4-8-13-21/h3-17H,1-2H3. The summed E-state index contributed by atoms with van der Waals surface area (Å²) in [5.74, 6) is -1.14. The van der Waals surface area contributed by atoms with Crippen LogP contribution in [0.2, 0.25) is 5.02 Å². The lowest BCUT2D eigenvalue weighted by Gasteiger charge is -2.25. The molecule has 0 spiro atoms. The third kappa shape index (κ3) is 4.36. The predicted octanol–water partition coefficient (Wildman–Crippen LogP) is 5.53. The van der Waals surface area contributed by atoms with Crippen molar-refractivity contribution < 1.29 is 9.59 Å². The van der Waals surface area contributed by atoms with Crippen LogP contribution in [0.15, 0.2) is 95.8 Å². The molecule has 0 aliphatic carbocycles. The molecule has 4 rings (SSSR count). The molecule has 0 aliphatic rings. The minimum Gasteiger partial charge on any atom is -0.273 e. The summed E-state index contributed by atoms with van der Waals surface area (Å²) in [6.45, 7) is 2.51. The first-order valence-electron chi connectivity index (χ1n) is 10.4. The molecule has 0 saturated carbocycles. The van der Waals surface area contributed by atoms with E-state index in [0.717, 1.165) is 15.2 Å². The number of aromatic nitrogens is 1. The Morgan fingerprint density at radius 2 is 1.27 bits per heavy atom. The van der Waals surface area contributed by atoms with Crippen molar-refractivity contribution in [3.05, 3.63) is 106 Å². The van der Waals surface area contributed by atoms with E-state index in [2.05, 4.69) is 0 Å². The Balaban J connectivity index is 2.19. The Kier molecular flexibility index (Phi) is 6.24. The van der Waals surface area contributed by atoms with Crippen LogP contribution >= 0.6 is 11.6 Å². The lowest BCUT2D eigenvalue weighted by molar-refractivity contribution is -0.126. The summed E-state index contributed by atoms with van der Waals surface area (Å²) in [7, 11) is 0. The minimum atomic E-state index is -0.570. The van der Waals surface area contributed by atoms with Crippen LogP contribution in [0.25, 0.3) is 33.5 Å². The normalized spacial score (nSPS) is 10.6. The van der Waals surface area contributed by atoms with Crippen LogP contribution in [0.5, 0.6) is 0 Å². The molecule has 0 bridgehead atoms. The zero-order valence-corrected chi connectivity index (χ0v) is 18.9. The smallest absolute Gasteiger partial charge is 0.273 e. The SMILES string of the molecule is CC(=O)N(C(C)=O)n1c(-c2cccc(Cl)c2)cc(-c2ccccc2)c(-c2ccccc2)c1=O. The van der Waals surface area contributed by atoms with Gasteiger partial charge in [0.05, 0.1) is 11.3 Å². The topological polar surface area (TPSA) is 59.4 Å². The van der Waals surface area contributed by atoms with Crippen LogP contribution in [0.4, 0.5) is 0 Å². The van der Waals surface area contributed by atoms with Gasteiger partial charge in [-0.25, -0.2) is 4.68 Å². The van der Waals surface area contributed by atoms with Gasteiger partial charge in [-0.05, 0) is 34.9 Å². The number of carbonyl (C=O) groups is 2. The van der Waals surface area contributed by atoms with Crippen molar-refractivity contribution in [2.45, 2.75) is 13.8 Å². The Bertz CT molecular complexity index is 1380. The molecule has 0 atom stereocenters. The largest absolute Gasteiger partial charge is 0.278 e. The van der Waals surface area contributed by atoms with Crippen LogP contribution in [-0.4, -0.2) is 16.5 Å². The van der Waals surface area contributed by atoms with Crippen molar-refractivity contribution in [3.63, 3.8) is 0 Å². The van der Waals surface area contributed by atoms with Crippen molar-refractivity contribution >= 4 is 23.4 Å². The maximum atomic E-state index is 14.1. The first-order valence-corrected chi connectivity index (χ1v) is 10.7. The van der Waals surface area contributed by atoms with Crippen molar-refractivity contribution in [1.82, 2.24) is 4.68 Å². The van der Waals surface area contributed by atoms with Crippen LogP contribution in [0.1, 0.15) is 13.8 Å². The van der Waals surface area contributed by atoms with Gasteiger partial charge in [-0.2, -0.15) is 5.01 Å². The summed E-state index contributed by atoms with van der Waals surface area (Å²) in [5.41, 5.74) is 3.09. The monoisotopic (exact) mass is 456 g/mol. The number of carbonyl (C=O) groups excluding carboxylic acids is 2. The van der Waals surface area contributed by atoms with Gasteiger partial charge in [0.25, 0.3) is 5.56 Å². The second-order valence-corrected chi connectivity index (χ2v) is 7.96. The first-order chi connectivity index (χ1) is 15.9. The van der Waals surface area contributed by atoms with E-state index in [4.69, 9.17) is 11.6 Å². The maximum Gasteiger partial charge on any atom is 0.278 e. The van der Waals surface area contributed by atoms with Crippen LogP contribution in [0, 0.1) is 0 Å². The molecule has 0 saturated heterocycles. The van der Waals surface area contributed by atoms with Crippen LogP contribution in [-0.2, 0) is 9.59 Å². The summed E-state index contributed by atoms with van der Waals surface area (Å²) in [4.78, 5) is 39.1. The fraction of sp³-hybridized carbons (Fsp3) is 0.0741. The molecule has 164 valence electrons. The predicted molar refractivity (Wildman–Crippen MR) is 132 cm³/mol. The lowest BCUT2D eigenvalue weighted by Crippen LogP contribution is -2.49. The molecule has 0 N–H and O–H groups in total. The molecule has 33 heavy (non-hydrogen) atoms. The van der Waals surface area contributed by atoms with E-state index >= 15 is 0 Å². The highest BCUT2D eigenvalue weighted by Gasteiger charge is 2.26. The highest BCUT2D eigenvalue weighted by atomic mass is 35.5. The number of amides is 2. The number of nitrogens with zero attached hydrogens (tertiary/aromatic N) is 2. The van der Waals surface area contributed by atoms with Gasteiger partial charge in [0.15, 0.2) is 0 Å². The van der Waals surface area contributed by atoms with E-state index in [9.17, 15) is 14.4 Å². The molecule has 5 nitrogen and oxygen atoms in total. The van der Waals surface area contributed by atoms with E-state index in [0.29, 0.717) is 33.0 Å². The number of hydrogen-bond acceptors (Lipinski definition) is 3. The number of imide groups is 1.